The number of carbonyl (C=O) groups is 1. The van der Waals surface area contributed by atoms with E-state index in [0.717, 1.165) is 29.1 Å². The van der Waals surface area contributed by atoms with Crippen molar-refractivity contribution < 1.29 is 4.79 Å². The van der Waals surface area contributed by atoms with Crippen LogP contribution in [0, 0.1) is 13.8 Å². The molecule has 0 saturated heterocycles. The van der Waals surface area contributed by atoms with Crippen LogP contribution in [0.15, 0.2) is 30.6 Å². The molecule has 0 aliphatic heterocycles. The first-order valence-corrected chi connectivity index (χ1v) is 9.09. The second kappa shape index (κ2) is 8.26. The Morgan fingerprint density at radius 2 is 1.85 bits per heavy atom. The summed E-state index contributed by atoms with van der Waals surface area (Å²) in [6, 6.07) is 8.34. The van der Waals surface area contributed by atoms with Gasteiger partial charge < -0.3 is 10.2 Å². The van der Waals surface area contributed by atoms with Crippen LogP contribution in [0.1, 0.15) is 34.5 Å². The van der Waals surface area contributed by atoms with E-state index in [1.165, 1.54) is 11.9 Å². The Kier molecular flexibility index (Phi) is 5.81. The smallest absolute Gasteiger partial charge is 0.252 e. The Hall–Kier alpha value is -2.80. The van der Waals surface area contributed by atoms with Gasteiger partial charge in [-0.05, 0) is 51.1 Å². The summed E-state index contributed by atoms with van der Waals surface area (Å²) >= 11 is 0. The normalized spacial score (nSPS) is 11.3. The Morgan fingerprint density at radius 1 is 1.15 bits per heavy atom. The average molecular weight is 366 g/mol. The topological polar surface area (TPSA) is 75.4 Å². The Labute approximate surface area is 159 Å². The molecular formula is C20H26N6O. The molecule has 0 spiro atoms. The number of nitrogens with zero attached hydrogens (tertiary/aromatic N) is 5. The maximum absolute atomic E-state index is 12.3. The second-order valence-electron chi connectivity index (χ2n) is 7.06. The van der Waals surface area contributed by atoms with Crippen molar-refractivity contribution in [2.24, 2.45) is 0 Å². The van der Waals surface area contributed by atoms with E-state index in [9.17, 15) is 4.79 Å². The molecule has 0 bridgehead atoms. The summed E-state index contributed by atoms with van der Waals surface area (Å²) in [7, 11) is 4.10. The van der Waals surface area contributed by atoms with Crippen molar-refractivity contribution in [3.63, 3.8) is 0 Å². The molecule has 0 radical (unpaired) electrons. The fraction of sp³-hybridized carbons (Fsp3) is 0.400. The second-order valence-corrected chi connectivity index (χ2v) is 7.06. The van der Waals surface area contributed by atoms with E-state index in [1.807, 2.05) is 27.9 Å². The number of aryl methyl sites for hydroxylation is 2. The van der Waals surface area contributed by atoms with Crippen LogP contribution in [0.4, 0.5) is 0 Å². The zero-order valence-electron chi connectivity index (χ0n) is 16.4. The standard InChI is InChI=1S/C20H26N6O/c1-14-18(15(2)26-20(24-14)22-13-23-26)9-10-19(27)21-11-16-5-7-17(8-6-16)12-25(3)4/h5-8,13H,9-12H2,1-4H3,(H,21,27). The van der Waals surface area contributed by atoms with Gasteiger partial charge in [-0.1, -0.05) is 24.3 Å². The van der Waals surface area contributed by atoms with Crippen LogP contribution >= 0.6 is 0 Å². The van der Waals surface area contributed by atoms with E-state index < -0.39 is 0 Å². The van der Waals surface area contributed by atoms with Gasteiger partial charge in [0.15, 0.2) is 0 Å². The summed E-state index contributed by atoms with van der Waals surface area (Å²) < 4.78 is 1.72. The number of amides is 1. The molecule has 0 aliphatic carbocycles. The van der Waals surface area contributed by atoms with E-state index >= 15 is 0 Å². The first-order valence-electron chi connectivity index (χ1n) is 9.09. The van der Waals surface area contributed by atoms with Crippen LogP contribution in [0.2, 0.25) is 0 Å². The summed E-state index contributed by atoms with van der Waals surface area (Å²) in [6.45, 7) is 5.39. The molecule has 7 heteroatoms. The van der Waals surface area contributed by atoms with Crippen molar-refractivity contribution in [2.45, 2.75) is 39.8 Å². The van der Waals surface area contributed by atoms with Crippen LogP contribution in [0.25, 0.3) is 5.78 Å². The van der Waals surface area contributed by atoms with Crippen molar-refractivity contribution in [3.8, 4) is 0 Å². The van der Waals surface area contributed by atoms with Crippen molar-refractivity contribution in [1.82, 2.24) is 29.8 Å². The molecule has 2 heterocycles. The zero-order chi connectivity index (χ0) is 19.4. The highest BCUT2D eigenvalue weighted by molar-refractivity contribution is 5.76. The van der Waals surface area contributed by atoms with Gasteiger partial charge in [-0.25, -0.2) is 9.50 Å². The van der Waals surface area contributed by atoms with Gasteiger partial charge in [0.2, 0.25) is 5.91 Å². The third-order valence-corrected chi connectivity index (χ3v) is 4.60. The molecule has 2 aromatic heterocycles. The molecule has 1 aromatic carbocycles. The summed E-state index contributed by atoms with van der Waals surface area (Å²) in [5.41, 5.74) is 5.30. The molecule has 7 nitrogen and oxygen atoms in total. The fourth-order valence-electron chi connectivity index (χ4n) is 3.17. The van der Waals surface area contributed by atoms with Crippen LogP contribution in [-0.4, -0.2) is 44.5 Å². The van der Waals surface area contributed by atoms with Gasteiger partial charge >= 0.3 is 0 Å². The van der Waals surface area contributed by atoms with E-state index in [4.69, 9.17) is 0 Å². The number of hydrogen-bond acceptors (Lipinski definition) is 5. The third-order valence-electron chi connectivity index (χ3n) is 4.60. The Morgan fingerprint density at radius 3 is 2.56 bits per heavy atom. The van der Waals surface area contributed by atoms with Crippen LogP contribution in [-0.2, 0) is 24.3 Å². The molecule has 142 valence electrons. The number of nitrogens with one attached hydrogen (secondary N) is 1. The lowest BCUT2D eigenvalue weighted by atomic mass is 10.1. The maximum Gasteiger partial charge on any atom is 0.252 e. The minimum Gasteiger partial charge on any atom is -0.352 e. The Balaban J connectivity index is 1.54. The lowest BCUT2D eigenvalue weighted by molar-refractivity contribution is -0.121. The van der Waals surface area contributed by atoms with Crippen LogP contribution < -0.4 is 5.32 Å². The van der Waals surface area contributed by atoms with Gasteiger partial charge in [-0.15, -0.1) is 0 Å². The average Bonchev–Trinajstić information content (AvgIpc) is 3.09. The van der Waals surface area contributed by atoms with Crippen molar-refractivity contribution in [1.29, 1.82) is 0 Å². The maximum atomic E-state index is 12.3. The number of hydrogen-bond donors (Lipinski definition) is 1. The highest BCUT2D eigenvalue weighted by atomic mass is 16.1. The van der Waals surface area contributed by atoms with Crippen molar-refractivity contribution in [3.05, 3.63) is 58.7 Å². The lowest BCUT2D eigenvalue weighted by Crippen LogP contribution is -2.23. The predicted octanol–water partition coefficient (Wildman–Crippen LogP) is 2.05. The minimum atomic E-state index is 0.0323. The van der Waals surface area contributed by atoms with E-state index in [1.54, 1.807) is 4.52 Å². The molecule has 0 unspecified atom stereocenters. The highest BCUT2D eigenvalue weighted by Crippen LogP contribution is 2.15. The molecule has 0 aliphatic rings. The van der Waals surface area contributed by atoms with E-state index in [-0.39, 0.29) is 5.91 Å². The van der Waals surface area contributed by atoms with E-state index in [2.05, 4.69) is 49.5 Å². The summed E-state index contributed by atoms with van der Waals surface area (Å²) in [5, 5.41) is 7.18. The SMILES string of the molecule is Cc1nc2ncnn2c(C)c1CCC(=O)NCc1ccc(CN(C)C)cc1. The van der Waals surface area contributed by atoms with Crippen LogP contribution in [0.3, 0.4) is 0 Å². The molecule has 1 N–H and O–H groups in total. The zero-order valence-corrected chi connectivity index (χ0v) is 16.4. The largest absolute Gasteiger partial charge is 0.352 e. The van der Waals surface area contributed by atoms with Gasteiger partial charge in [0, 0.05) is 30.9 Å². The van der Waals surface area contributed by atoms with Gasteiger partial charge in [0.1, 0.15) is 6.33 Å². The Bertz CT molecular complexity index is 930. The third kappa shape index (κ3) is 4.68. The van der Waals surface area contributed by atoms with Crippen molar-refractivity contribution in [2.75, 3.05) is 14.1 Å². The molecule has 27 heavy (non-hydrogen) atoms. The van der Waals surface area contributed by atoms with Crippen LogP contribution in [0.5, 0.6) is 0 Å². The first kappa shape index (κ1) is 19.0. The number of benzene rings is 1. The quantitative estimate of drug-likeness (QED) is 0.693. The fourth-order valence-corrected chi connectivity index (χ4v) is 3.17. The summed E-state index contributed by atoms with van der Waals surface area (Å²) in [6.07, 6.45) is 2.55. The summed E-state index contributed by atoms with van der Waals surface area (Å²) in [5.74, 6) is 0.626. The first-order chi connectivity index (χ1) is 12.9. The van der Waals surface area contributed by atoms with E-state index in [0.29, 0.717) is 25.2 Å². The monoisotopic (exact) mass is 366 g/mol. The van der Waals surface area contributed by atoms with Gasteiger partial charge in [-0.3, -0.25) is 4.79 Å². The number of rotatable bonds is 7. The highest BCUT2D eigenvalue weighted by Gasteiger charge is 2.12. The number of fused-ring (bicyclic) bond motifs is 1. The number of carbonyl (C=O) groups excluding carboxylic acids is 1. The minimum absolute atomic E-state index is 0.0323. The van der Waals surface area contributed by atoms with Gasteiger partial charge in [0.05, 0.1) is 0 Å². The summed E-state index contributed by atoms with van der Waals surface area (Å²) in [4.78, 5) is 23.0. The lowest BCUT2D eigenvalue weighted by Gasteiger charge is -2.11. The molecule has 0 fully saturated rings. The van der Waals surface area contributed by atoms with Gasteiger partial charge in [0.25, 0.3) is 5.78 Å². The molecule has 1 amide bonds. The molecular weight excluding hydrogens is 340 g/mol. The van der Waals surface area contributed by atoms with Gasteiger partial charge in [-0.2, -0.15) is 10.1 Å². The number of aromatic nitrogens is 4. The molecule has 3 aromatic rings. The molecule has 0 saturated carbocycles. The predicted molar refractivity (Wildman–Crippen MR) is 104 cm³/mol. The molecule has 3 rings (SSSR count). The molecule has 0 atom stereocenters. The van der Waals surface area contributed by atoms with Crippen molar-refractivity contribution >= 4 is 11.7 Å².